The Kier molecular flexibility index (Phi) is 5.76. The molecule has 1 aliphatic rings. The molecule has 1 rings (SSSR count). The fourth-order valence-electron chi connectivity index (χ4n) is 1.87. The molecule has 3 nitrogen and oxygen atoms in total. The Balaban J connectivity index is 2.03. The maximum Gasteiger partial charge on any atom is 0.207 e. The summed E-state index contributed by atoms with van der Waals surface area (Å²) in [6.07, 6.45) is 5.92. The van der Waals surface area contributed by atoms with Crippen LogP contribution < -0.4 is 5.32 Å². The summed E-state index contributed by atoms with van der Waals surface area (Å²) in [5, 5.41) is 3.50. The van der Waals surface area contributed by atoms with Crippen molar-refractivity contribution in [3.63, 3.8) is 0 Å². The van der Waals surface area contributed by atoms with Crippen LogP contribution in [0.25, 0.3) is 0 Å². The summed E-state index contributed by atoms with van der Waals surface area (Å²) in [4.78, 5) is 21.0. The van der Waals surface area contributed by atoms with Crippen molar-refractivity contribution in [2.75, 3.05) is 5.75 Å². The second-order valence-corrected chi connectivity index (χ2v) is 5.45. The Morgan fingerprint density at radius 2 is 2.33 bits per heavy atom. The summed E-state index contributed by atoms with van der Waals surface area (Å²) < 4.78 is 0. The lowest BCUT2D eigenvalue weighted by Gasteiger charge is -2.08. The fourth-order valence-corrected chi connectivity index (χ4v) is 3.30. The average molecular weight is 229 g/mol. The molecule has 4 heteroatoms. The van der Waals surface area contributed by atoms with Gasteiger partial charge in [-0.2, -0.15) is 11.8 Å². The Bertz CT molecular complexity index is 221. The van der Waals surface area contributed by atoms with E-state index >= 15 is 0 Å². The number of Topliss-reactive ketones (excluding diaryl/α,β-unsaturated/α-hetero) is 1. The molecule has 2 atom stereocenters. The number of carbonyl (C=O) groups is 2. The van der Waals surface area contributed by atoms with E-state index < -0.39 is 0 Å². The van der Waals surface area contributed by atoms with Crippen LogP contribution in [-0.4, -0.2) is 29.2 Å². The molecule has 0 radical (unpaired) electrons. The molecule has 1 unspecified atom stereocenters. The van der Waals surface area contributed by atoms with Crippen LogP contribution in [0.2, 0.25) is 0 Å². The van der Waals surface area contributed by atoms with E-state index in [1.807, 2.05) is 11.8 Å². The van der Waals surface area contributed by atoms with Gasteiger partial charge in [0.25, 0.3) is 0 Å². The zero-order valence-electron chi connectivity index (χ0n) is 9.20. The van der Waals surface area contributed by atoms with Crippen molar-refractivity contribution in [3.05, 3.63) is 0 Å². The highest BCUT2D eigenvalue weighted by molar-refractivity contribution is 8.00. The molecule has 86 valence electrons. The van der Waals surface area contributed by atoms with Crippen molar-refractivity contribution in [3.8, 4) is 0 Å². The summed E-state index contributed by atoms with van der Waals surface area (Å²) in [5.74, 6) is 1.32. The standard InChI is InChI=1S/C11H19NO2S/c1-9(14)4-2-3-5-11-6-10(7-15-11)12-8-13/h8,10-11H,2-7H2,1H3,(H,12,13)/t10?,11-/m0/s1. The van der Waals surface area contributed by atoms with Gasteiger partial charge in [-0.3, -0.25) is 4.79 Å². The Hall–Kier alpha value is -0.510. The van der Waals surface area contributed by atoms with Gasteiger partial charge >= 0.3 is 0 Å². The number of thioether (sulfide) groups is 1. The molecule has 1 heterocycles. The molecule has 1 fully saturated rings. The van der Waals surface area contributed by atoms with Crippen molar-refractivity contribution in [1.82, 2.24) is 5.32 Å². The average Bonchev–Trinajstić information content (AvgIpc) is 2.61. The van der Waals surface area contributed by atoms with E-state index in [4.69, 9.17) is 0 Å². The maximum absolute atomic E-state index is 10.7. The maximum atomic E-state index is 10.7. The largest absolute Gasteiger partial charge is 0.355 e. The van der Waals surface area contributed by atoms with Crippen molar-refractivity contribution in [1.29, 1.82) is 0 Å². The summed E-state index contributed by atoms with van der Waals surface area (Å²) in [5.41, 5.74) is 0. The molecule has 1 aliphatic heterocycles. The number of rotatable bonds is 7. The smallest absolute Gasteiger partial charge is 0.207 e. The third-order valence-corrected chi connectivity index (χ3v) is 4.18. The lowest BCUT2D eigenvalue weighted by Crippen LogP contribution is -2.27. The molecule has 0 aliphatic carbocycles. The van der Waals surface area contributed by atoms with E-state index in [1.54, 1.807) is 6.92 Å². The number of amides is 1. The van der Waals surface area contributed by atoms with Crippen molar-refractivity contribution in [2.45, 2.75) is 50.3 Å². The normalized spacial score (nSPS) is 25.1. The van der Waals surface area contributed by atoms with E-state index in [0.29, 0.717) is 17.7 Å². The quantitative estimate of drug-likeness (QED) is 0.534. The SMILES string of the molecule is CC(=O)CCCC[C@H]1CC(NC=O)CS1. The first-order chi connectivity index (χ1) is 7.22. The fraction of sp³-hybridized carbons (Fsp3) is 0.818. The first kappa shape index (κ1) is 12.6. The van der Waals surface area contributed by atoms with Crippen LogP contribution in [0.15, 0.2) is 0 Å². The van der Waals surface area contributed by atoms with Crippen LogP contribution in [0.5, 0.6) is 0 Å². The summed E-state index contributed by atoms with van der Waals surface area (Å²) in [7, 11) is 0. The van der Waals surface area contributed by atoms with Crippen LogP contribution in [0.3, 0.4) is 0 Å². The topological polar surface area (TPSA) is 46.2 Å². The van der Waals surface area contributed by atoms with Crippen LogP contribution in [-0.2, 0) is 9.59 Å². The van der Waals surface area contributed by atoms with Gasteiger partial charge < -0.3 is 10.1 Å². The van der Waals surface area contributed by atoms with Crippen LogP contribution in [0.1, 0.15) is 39.0 Å². The van der Waals surface area contributed by atoms with Gasteiger partial charge in [-0.15, -0.1) is 0 Å². The van der Waals surface area contributed by atoms with E-state index in [-0.39, 0.29) is 5.78 Å². The van der Waals surface area contributed by atoms with Gasteiger partial charge in [0.15, 0.2) is 0 Å². The first-order valence-corrected chi connectivity index (χ1v) is 6.58. The highest BCUT2D eigenvalue weighted by Crippen LogP contribution is 2.30. The molecule has 1 N–H and O–H groups in total. The van der Waals surface area contributed by atoms with E-state index in [1.165, 1.54) is 6.42 Å². The summed E-state index contributed by atoms with van der Waals surface area (Å²) in [6, 6.07) is 0.366. The molecular formula is C11H19NO2S. The number of hydrogen-bond donors (Lipinski definition) is 1. The van der Waals surface area contributed by atoms with Crippen molar-refractivity contribution in [2.24, 2.45) is 0 Å². The van der Waals surface area contributed by atoms with Gasteiger partial charge in [0.1, 0.15) is 5.78 Å². The van der Waals surface area contributed by atoms with Crippen molar-refractivity contribution < 1.29 is 9.59 Å². The molecule has 0 aromatic rings. The second kappa shape index (κ2) is 6.88. The highest BCUT2D eigenvalue weighted by Gasteiger charge is 2.23. The second-order valence-electron chi connectivity index (χ2n) is 4.12. The van der Waals surface area contributed by atoms with Crippen LogP contribution in [0, 0.1) is 0 Å². The molecule has 0 saturated carbocycles. The Labute approximate surface area is 95.4 Å². The number of unbranched alkanes of at least 4 members (excludes halogenated alkanes) is 1. The van der Waals surface area contributed by atoms with Crippen molar-refractivity contribution >= 4 is 24.0 Å². The highest BCUT2D eigenvalue weighted by atomic mass is 32.2. The van der Waals surface area contributed by atoms with Crippen LogP contribution in [0.4, 0.5) is 0 Å². The molecule has 0 aromatic heterocycles. The first-order valence-electron chi connectivity index (χ1n) is 5.53. The minimum atomic E-state index is 0.287. The van der Waals surface area contributed by atoms with Crippen LogP contribution >= 0.6 is 11.8 Å². The van der Waals surface area contributed by atoms with Gasteiger partial charge in [0.05, 0.1) is 0 Å². The zero-order chi connectivity index (χ0) is 11.1. The number of carbonyl (C=O) groups excluding carboxylic acids is 2. The van der Waals surface area contributed by atoms with Gasteiger partial charge in [0, 0.05) is 23.5 Å². The van der Waals surface area contributed by atoms with Gasteiger partial charge in [-0.1, -0.05) is 6.42 Å². The van der Waals surface area contributed by atoms with Gasteiger partial charge in [-0.25, -0.2) is 0 Å². The lowest BCUT2D eigenvalue weighted by molar-refractivity contribution is -0.117. The third-order valence-electron chi connectivity index (χ3n) is 2.69. The number of hydrogen-bond acceptors (Lipinski definition) is 3. The van der Waals surface area contributed by atoms with Gasteiger partial charge in [-0.05, 0) is 26.2 Å². The van der Waals surface area contributed by atoms with E-state index in [0.717, 1.165) is 31.4 Å². The predicted molar refractivity (Wildman–Crippen MR) is 63.0 cm³/mol. The zero-order valence-corrected chi connectivity index (χ0v) is 10.0. The Morgan fingerprint density at radius 1 is 1.53 bits per heavy atom. The summed E-state index contributed by atoms with van der Waals surface area (Å²) >= 11 is 1.94. The van der Waals surface area contributed by atoms with E-state index in [9.17, 15) is 9.59 Å². The molecular weight excluding hydrogens is 210 g/mol. The van der Waals surface area contributed by atoms with E-state index in [2.05, 4.69) is 5.32 Å². The lowest BCUT2D eigenvalue weighted by atomic mass is 10.1. The Morgan fingerprint density at radius 3 is 3.00 bits per heavy atom. The summed E-state index contributed by atoms with van der Waals surface area (Å²) in [6.45, 7) is 1.65. The molecule has 1 amide bonds. The minimum absolute atomic E-state index is 0.287. The van der Waals surface area contributed by atoms with Gasteiger partial charge in [0.2, 0.25) is 6.41 Å². The number of ketones is 1. The third kappa shape index (κ3) is 5.21. The monoisotopic (exact) mass is 229 g/mol. The molecule has 1 saturated heterocycles. The predicted octanol–water partition coefficient (Wildman–Crippen LogP) is 1.76. The number of nitrogens with one attached hydrogen (secondary N) is 1. The molecule has 0 spiro atoms. The molecule has 0 aromatic carbocycles. The molecule has 15 heavy (non-hydrogen) atoms. The minimum Gasteiger partial charge on any atom is -0.355 e. The molecule has 0 bridgehead atoms.